The maximum atomic E-state index is 15.4. The number of nitrogens with zero attached hydrogens (tertiary/aromatic N) is 2. The average molecular weight is 1240 g/mol. The van der Waals surface area contributed by atoms with E-state index in [1.807, 2.05) is 97.1 Å². The summed E-state index contributed by atoms with van der Waals surface area (Å²) < 4.78 is 7.50. The molecule has 1 fully saturated rings. The molecule has 1 aliphatic carbocycles. The topological polar surface area (TPSA) is 90.7 Å². The van der Waals surface area contributed by atoms with E-state index in [2.05, 4.69) is 107 Å². The van der Waals surface area contributed by atoms with Crippen molar-refractivity contribution in [1.29, 1.82) is 0 Å². The Balaban J connectivity index is 0.00000250. The van der Waals surface area contributed by atoms with E-state index in [0.717, 1.165) is 113 Å². The summed E-state index contributed by atoms with van der Waals surface area (Å²) in [5, 5.41) is 42.8. The molecule has 0 saturated heterocycles. The van der Waals surface area contributed by atoms with Crippen LogP contribution in [0.25, 0.3) is 87.6 Å². The second kappa shape index (κ2) is 23.7. The Labute approximate surface area is 497 Å². The molecule has 1 aliphatic rings. The van der Waals surface area contributed by atoms with Crippen LogP contribution in [-0.2, 0) is 24.1 Å². The molecule has 0 radical (unpaired) electrons. The van der Waals surface area contributed by atoms with Gasteiger partial charge >= 0.3 is 30.8 Å². The minimum atomic E-state index is -1.89. The number of aliphatic imine (C=N–C) groups is 2. The number of fused-ring (bicyclic) bond motifs is 4. The van der Waals surface area contributed by atoms with Crippen LogP contribution in [0.5, 0.6) is 11.5 Å². The zero-order valence-electron chi connectivity index (χ0n) is 44.6. The molecular weight excluding hydrogens is 1180 g/mol. The van der Waals surface area contributed by atoms with E-state index in [1.54, 1.807) is 12.4 Å². The fraction of sp³-hybridized carbons (Fsp3) is 0.179. The molecular formula is C67H56Cl4N2O3RuSi2. The molecule has 10 aromatic rings. The third-order valence-electron chi connectivity index (χ3n) is 15.1. The maximum absolute atomic E-state index is 15.4. The van der Waals surface area contributed by atoms with Gasteiger partial charge in [0, 0.05) is 32.5 Å². The molecule has 0 unspecified atom stereocenters. The number of rotatable bonds is 10. The molecule has 11 rings (SSSR count). The molecule has 0 heterocycles. The van der Waals surface area contributed by atoms with Crippen molar-refractivity contribution in [3.63, 3.8) is 0 Å². The molecule has 0 aromatic heterocycles. The van der Waals surface area contributed by atoms with E-state index in [1.165, 1.54) is 0 Å². The second-order valence-electron chi connectivity index (χ2n) is 22.3. The van der Waals surface area contributed by atoms with E-state index < -0.39 is 16.1 Å². The van der Waals surface area contributed by atoms with Crippen molar-refractivity contribution in [2.75, 3.05) is 0 Å². The quantitative estimate of drug-likeness (QED) is 0.0591. The molecule has 5 nitrogen and oxygen atoms in total. The average Bonchev–Trinajstić information content (AvgIpc) is 3.62. The molecule has 12 heteroatoms. The van der Waals surface area contributed by atoms with E-state index in [0.29, 0.717) is 42.3 Å². The standard InChI is InChI=1S/C66H58Cl4N2O2Si2.CO.Ru/c1-75(2,3)65-53(67)33-43(34-54(65)68)51-29-27-39-17-7-11-21-47(39)59(51)61-49-23-13-9-19-41(49)31-45(63(61)73)37-71-57-25-15-16-26-58(57)72-38-46-32-42-20-10-14-24-50(42)62(64(46)74)60-48-22-12-8-18-40(48)28-30-52(60)44-35-55(69)66(56(70)36-44)76(4,5)6;1-2;/h7-14,17-24,27-38,57-58,73-74H,15-16,25-26H2,1-6H3;;/q;;+2/p-2/t57-,58-;;/m1../s1. The van der Waals surface area contributed by atoms with Gasteiger partial charge < -0.3 is 10.2 Å². The van der Waals surface area contributed by atoms with Crippen LogP contribution in [0.3, 0.4) is 0 Å². The van der Waals surface area contributed by atoms with Gasteiger partial charge in [-0.05, 0) is 158 Å². The first kappa shape index (κ1) is 57.8. The van der Waals surface area contributed by atoms with E-state index in [4.69, 9.17) is 61.0 Å². The summed E-state index contributed by atoms with van der Waals surface area (Å²) in [4.78, 5) is 10.5. The molecule has 10 aromatic carbocycles. The summed E-state index contributed by atoms with van der Waals surface area (Å²) in [6.45, 7) is 17.9. The molecule has 0 N–H and O–H groups in total. The summed E-state index contributed by atoms with van der Waals surface area (Å²) in [5.74, 6) is -0.230. The second-order valence-corrected chi connectivity index (χ2v) is 33.9. The monoisotopic (exact) mass is 1230 g/mol. The normalized spacial score (nSPS) is 15.0. The van der Waals surface area contributed by atoms with Crippen molar-refractivity contribution in [3.8, 4) is 56.0 Å². The molecule has 0 amide bonds. The van der Waals surface area contributed by atoms with Crippen LogP contribution in [0, 0.1) is 6.65 Å². The van der Waals surface area contributed by atoms with Crippen molar-refractivity contribution < 1.29 is 34.3 Å². The van der Waals surface area contributed by atoms with Crippen molar-refractivity contribution >= 4 is 128 Å². The molecule has 396 valence electrons. The van der Waals surface area contributed by atoms with Crippen LogP contribution in [0.15, 0.2) is 168 Å². The van der Waals surface area contributed by atoms with Crippen molar-refractivity contribution in [3.05, 3.63) is 196 Å². The molecule has 2 atom stereocenters. The fourth-order valence-corrected chi connectivity index (χ4v) is 19.2. The van der Waals surface area contributed by atoms with Gasteiger partial charge in [0.1, 0.15) is 0 Å². The Hall–Kier alpha value is -5.86. The minimum absolute atomic E-state index is 0. The Morgan fingerprint density at radius 1 is 0.443 bits per heavy atom. The zero-order valence-corrected chi connectivity index (χ0v) is 51.4. The summed E-state index contributed by atoms with van der Waals surface area (Å²) >= 11 is 28.4. The Morgan fingerprint density at radius 3 is 1.08 bits per heavy atom. The van der Waals surface area contributed by atoms with E-state index in [9.17, 15) is 0 Å². The summed E-state index contributed by atoms with van der Waals surface area (Å²) in [5.41, 5.74) is 7.30. The molecule has 1 saturated carbocycles. The SMILES string of the molecule is C[Si](C)(C)c1c(Cl)cc(-c2ccc3ccccc3c2-c2c([O-])c(C=N[C@@H]3CCCC[C@H]3N=Cc3cc4ccccc4c(-c4c(-c5cc(Cl)c([Si](C)(C)C)c(Cl)c5)ccc5ccccc45)c3[O-])cc3ccccc23)cc1Cl.[C-]#[O+].[Ru+2]. The molecule has 0 aliphatic heterocycles. The number of benzene rings is 10. The summed E-state index contributed by atoms with van der Waals surface area (Å²) in [6.07, 6.45) is 7.08. The largest absolute Gasteiger partial charge is 2.00 e. The van der Waals surface area contributed by atoms with Crippen LogP contribution < -0.4 is 20.6 Å². The first-order valence-corrected chi connectivity index (χ1v) is 34.7. The summed E-state index contributed by atoms with van der Waals surface area (Å²) in [7, 11) is -3.77. The van der Waals surface area contributed by atoms with Gasteiger partial charge in [-0.15, -0.1) is 0 Å². The Kier molecular flexibility index (Phi) is 17.3. The number of hydrogen-bond donors (Lipinski definition) is 0. The van der Waals surface area contributed by atoms with Gasteiger partial charge in [0.2, 0.25) is 0 Å². The van der Waals surface area contributed by atoms with E-state index in [-0.39, 0.29) is 43.1 Å². The van der Waals surface area contributed by atoms with E-state index >= 15 is 10.2 Å². The number of hydrogen-bond acceptors (Lipinski definition) is 4. The Bertz CT molecular complexity index is 3780. The minimum Gasteiger partial charge on any atom is 2.00 e. The van der Waals surface area contributed by atoms with Crippen LogP contribution in [0.1, 0.15) is 36.8 Å². The van der Waals surface area contributed by atoms with Crippen LogP contribution in [0.4, 0.5) is 0 Å². The van der Waals surface area contributed by atoms with Crippen LogP contribution in [-0.4, -0.2) is 40.7 Å². The predicted molar refractivity (Wildman–Crippen MR) is 335 cm³/mol. The van der Waals surface area contributed by atoms with Gasteiger partial charge in [0.25, 0.3) is 0 Å². The Morgan fingerprint density at radius 2 is 0.747 bits per heavy atom. The van der Waals surface area contributed by atoms with Gasteiger partial charge in [-0.25, -0.2) is 0 Å². The third kappa shape index (κ3) is 11.3. The van der Waals surface area contributed by atoms with Gasteiger partial charge in [-0.3, -0.25) is 9.98 Å². The van der Waals surface area contributed by atoms with Crippen molar-refractivity contribution in [2.24, 2.45) is 9.98 Å². The van der Waals surface area contributed by atoms with Crippen LogP contribution in [0.2, 0.25) is 59.4 Å². The molecule has 0 spiro atoms. The number of halogens is 4. The first-order chi connectivity index (χ1) is 37.5. The van der Waals surface area contributed by atoms with Gasteiger partial charge in [0.05, 0.1) is 28.2 Å². The smallest absolute Gasteiger partial charge is 2.00 e. The third-order valence-corrected chi connectivity index (χ3v) is 21.0. The van der Waals surface area contributed by atoms with Gasteiger partial charge in [-0.1, -0.05) is 231 Å². The van der Waals surface area contributed by atoms with Crippen LogP contribution >= 0.6 is 46.4 Å². The molecule has 0 bridgehead atoms. The fourth-order valence-electron chi connectivity index (χ4n) is 11.6. The van der Waals surface area contributed by atoms with Gasteiger partial charge in [-0.2, -0.15) is 0 Å². The summed E-state index contributed by atoms with van der Waals surface area (Å²) in [6, 6.07) is 52.4. The van der Waals surface area contributed by atoms with Gasteiger partial charge in [0.15, 0.2) is 0 Å². The predicted octanol–water partition coefficient (Wildman–Crippen LogP) is 17.6. The van der Waals surface area contributed by atoms with Crippen molar-refractivity contribution in [2.45, 2.75) is 77.0 Å². The van der Waals surface area contributed by atoms with Crippen molar-refractivity contribution in [1.82, 2.24) is 0 Å². The molecule has 79 heavy (non-hydrogen) atoms. The maximum Gasteiger partial charge on any atom is 2.00 e. The first-order valence-electron chi connectivity index (χ1n) is 26.2. The zero-order chi connectivity index (χ0) is 55.2.